The molecule has 0 radical (unpaired) electrons. The Labute approximate surface area is 214 Å². The first-order chi connectivity index (χ1) is 17.5. The average Bonchev–Trinajstić information content (AvgIpc) is 3.36. The van der Waals surface area contributed by atoms with Crippen molar-refractivity contribution < 1.29 is 31.4 Å². The number of halogens is 2. The molecular formula is C27H28F2N2O5S. The molecule has 3 aromatic carbocycles. The van der Waals surface area contributed by atoms with E-state index in [2.05, 4.69) is 4.90 Å². The summed E-state index contributed by atoms with van der Waals surface area (Å²) >= 11 is 0. The Balaban J connectivity index is 0.000000586. The van der Waals surface area contributed by atoms with Gasteiger partial charge in [-0.3, -0.25) is 14.0 Å². The van der Waals surface area contributed by atoms with Crippen molar-refractivity contribution in [3.05, 3.63) is 101 Å². The number of rotatable bonds is 6. The molecule has 0 bridgehead atoms. The van der Waals surface area contributed by atoms with E-state index in [1.54, 1.807) is 18.2 Å². The number of aryl methyl sites for hydroxylation is 1. The van der Waals surface area contributed by atoms with Crippen molar-refractivity contribution in [3.8, 4) is 5.69 Å². The van der Waals surface area contributed by atoms with Gasteiger partial charge in [0.05, 0.1) is 11.6 Å². The third-order valence-corrected chi connectivity index (χ3v) is 6.41. The maximum atomic E-state index is 14.8. The van der Waals surface area contributed by atoms with Gasteiger partial charge in [-0.1, -0.05) is 35.9 Å². The largest absolute Gasteiger partial charge is 0.394 e. The summed E-state index contributed by atoms with van der Waals surface area (Å²) in [5.41, 5.74) is 5.82. The average molecular weight is 531 g/mol. The Hall–Kier alpha value is -3.15. The molecular weight excluding hydrogens is 502 g/mol. The SMILES string of the molecule is Cc1ccc(C(O)CCCN2Cc3c(n(-c4ccc(F)cc4)c4cccc(F)c34)C2)cc1.O=S(=O)(O)O. The molecule has 0 spiro atoms. The van der Waals surface area contributed by atoms with E-state index >= 15 is 0 Å². The lowest BCUT2D eigenvalue weighted by Crippen LogP contribution is -2.19. The van der Waals surface area contributed by atoms with E-state index in [1.165, 1.54) is 23.8 Å². The Morgan fingerprint density at radius 1 is 0.946 bits per heavy atom. The summed E-state index contributed by atoms with van der Waals surface area (Å²) < 4.78 is 61.9. The monoisotopic (exact) mass is 530 g/mol. The molecule has 1 unspecified atom stereocenters. The molecule has 37 heavy (non-hydrogen) atoms. The molecule has 4 aromatic rings. The summed E-state index contributed by atoms with van der Waals surface area (Å²) in [4.78, 5) is 2.29. The van der Waals surface area contributed by atoms with Crippen molar-refractivity contribution >= 4 is 21.3 Å². The van der Waals surface area contributed by atoms with Crippen LogP contribution in [-0.2, 0) is 23.5 Å². The van der Waals surface area contributed by atoms with Crippen LogP contribution in [0.3, 0.4) is 0 Å². The van der Waals surface area contributed by atoms with E-state index in [1.807, 2.05) is 41.8 Å². The highest BCUT2D eigenvalue weighted by molar-refractivity contribution is 7.79. The Morgan fingerprint density at radius 2 is 1.59 bits per heavy atom. The summed E-state index contributed by atoms with van der Waals surface area (Å²) in [5.74, 6) is -0.516. The van der Waals surface area contributed by atoms with Gasteiger partial charge in [-0.25, -0.2) is 8.78 Å². The number of fused-ring (bicyclic) bond motifs is 3. The third-order valence-electron chi connectivity index (χ3n) is 6.41. The van der Waals surface area contributed by atoms with Crippen LogP contribution in [0.15, 0.2) is 66.7 Å². The predicted molar refractivity (Wildman–Crippen MR) is 137 cm³/mol. The minimum Gasteiger partial charge on any atom is -0.388 e. The van der Waals surface area contributed by atoms with E-state index < -0.39 is 16.5 Å². The number of benzene rings is 3. The minimum absolute atomic E-state index is 0.226. The van der Waals surface area contributed by atoms with Gasteiger partial charge < -0.3 is 9.67 Å². The number of hydrogen-bond acceptors (Lipinski definition) is 4. The summed E-state index contributed by atoms with van der Waals surface area (Å²) in [6.45, 7) is 4.21. The molecule has 1 aliphatic heterocycles. The van der Waals surface area contributed by atoms with Gasteiger partial charge in [-0.15, -0.1) is 0 Å². The van der Waals surface area contributed by atoms with E-state index in [9.17, 15) is 13.9 Å². The van der Waals surface area contributed by atoms with Crippen LogP contribution in [0.5, 0.6) is 0 Å². The number of nitrogens with zero attached hydrogens (tertiary/aromatic N) is 2. The second-order valence-electron chi connectivity index (χ2n) is 9.10. The van der Waals surface area contributed by atoms with Crippen molar-refractivity contribution in [2.75, 3.05) is 6.54 Å². The fraction of sp³-hybridized carbons (Fsp3) is 0.259. The van der Waals surface area contributed by atoms with E-state index in [4.69, 9.17) is 17.5 Å². The summed E-state index contributed by atoms with van der Waals surface area (Å²) in [6, 6.07) is 19.5. The summed E-state index contributed by atoms with van der Waals surface area (Å²) in [6.07, 6.45) is 1.04. The van der Waals surface area contributed by atoms with Crippen LogP contribution in [0.2, 0.25) is 0 Å². The van der Waals surface area contributed by atoms with Crippen molar-refractivity contribution in [2.24, 2.45) is 0 Å². The maximum Gasteiger partial charge on any atom is 0.394 e. The smallest absolute Gasteiger partial charge is 0.388 e. The van der Waals surface area contributed by atoms with Gasteiger partial charge in [0.2, 0.25) is 0 Å². The highest BCUT2D eigenvalue weighted by Gasteiger charge is 2.28. The quantitative estimate of drug-likeness (QED) is 0.289. The van der Waals surface area contributed by atoms with Gasteiger partial charge in [0.1, 0.15) is 11.6 Å². The first-order valence-electron chi connectivity index (χ1n) is 11.7. The number of aromatic nitrogens is 1. The predicted octanol–water partition coefficient (Wildman–Crippen LogP) is 5.39. The van der Waals surface area contributed by atoms with Gasteiger partial charge >= 0.3 is 10.4 Å². The first-order valence-corrected chi connectivity index (χ1v) is 13.1. The molecule has 2 heterocycles. The fourth-order valence-corrected chi connectivity index (χ4v) is 4.76. The van der Waals surface area contributed by atoms with Crippen LogP contribution in [-0.4, -0.2) is 38.6 Å². The molecule has 0 saturated heterocycles. The minimum atomic E-state index is -4.67. The summed E-state index contributed by atoms with van der Waals surface area (Å²) in [7, 11) is -4.67. The van der Waals surface area contributed by atoms with Crippen molar-refractivity contribution in [1.82, 2.24) is 9.47 Å². The molecule has 196 valence electrons. The lowest BCUT2D eigenvalue weighted by Gasteiger charge is -2.18. The van der Waals surface area contributed by atoms with Crippen LogP contribution >= 0.6 is 0 Å². The zero-order valence-electron chi connectivity index (χ0n) is 20.2. The Morgan fingerprint density at radius 3 is 2.24 bits per heavy atom. The molecule has 0 amide bonds. The van der Waals surface area contributed by atoms with Gasteiger partial charge in [0.15, 0.2) is 0 Å². The maximum absolute atomic E-state index is 14.8. The van der Waals surface area contributed by atoms with E-state index in [-0.39, 0.29) is 11.6 Å². The molecule has 0 fully saturated rings. The lowest BCUT2D eigenvalue weighted by molar-refractivity contribution is 0.155. The second-order valence-corrected chi connectivity index (χ2v) is 9.99. The normalized spacial score (nSPS) is 14.3. The van der Waals surface area contributed by atoms with Gasteiger partial charge in [-0.05, 0) is 73.8 Å². The number of aliphatic hydroxyl groups excluding tert-OH is 1. The zero-order chi connectivity index (χ0) is 26.7. The van der Waals surface area contributed by atoms with E-state index in [0.29, 0.717) is 24.9 Å². The molecule has 1 atom stereocenters. The topological polar surface area (TPSA) is 103 Å². The molecule has 10 heteroatoms. The van der Waals surface area contributed by atoms with Gasteiger partial charge in [0, 0.05) is 29.9 Å². The first kappa shape index (κ1) is 26.9. The second kappa shape index (κ2) is 11.1. The summed E-state index contributed by atoms with van der Waals surface area (Å²) in [5, 5.41) is 11.2. The highest BCUT2D eigenvalue weighted by atomic mass is 32.3. The van der Waals surface area contributed by atoms with Crippen LogP contribution in [0, 0.1) is 18.6 Å². The van der Waals surface area contributed by atoms with Gasteiger partial charge in [0.25, 0.3) is 0 Å². The molecule has 3 N–H and O–H groups in total. The van der Waals surface area contributed by atoms with Crippen LogP contribution in [0.4, 0.5) is 8.78 Å². The Kier molecular flexibility index (Phi) is 8.05. The molecule has 1 aromatic heterocycles. The number of aliphatic hydroxyl groups is 1. The van der Waals surface area contributed by atoms with Crippen LogP contribution in [0.25, 0.3) is 16.6 Å². The zero-order valence-corrected chi connectivity index (χ0v) is 21.0. The molecule has 5 rings (SSSR count). The van der Waals surface area contributed by atoms with Crippen molar-refractivity contribution in [3.63, 3.8) is 0 Å². The molecule has 1 aliphatic rings. The molecule has 0 saturated carbocycles. The van der Waals surface area contributed by atoms with Crippen LogP contribution in [0.1, 0.15) is 41.3 Å². The van der Waals surface area contributed by atoms with Crippen molar-refractivity contribution in [2.45, 2.75) is 39.0 Å². The number of hydrogen-bond donors (Lipinski definition) is 3. The van der Waals surface area contributed by atoms with Crippen molar-refractivity contribution in [1.29, 1.82) is 0 Å². The fourth-order valence-electron chi connectivity index (χ4n) is 4.76. The van der Waals surface area contributed by atoms with Gasteiger partial charge in [-0.2, -0.15) is 8.42 Å². The Bertz CT molecular complexity index is 1480. The third kappa shape index (κ3) is 6.60. The van der Waals surface area contributed by atoms with E-state index in [0.717, 1.165) is 41.0 Å². The lowest BCUT2D eigenvalue weighted by atomic mass is 10.0. The highest BCUT2D eigenvalue weighted by Crippen LogP contribution is 2.37. The molecule has 7 nitrogen and oxygen atoms in total. The standard InChI is InChI=1S/C27H26F2N2O.H2O4S/c1-18-7-9-19(10-8-18)26(32)6-3-15-30-16-22-25(17-30)31(21-13-11-20(28)12-14-21)24-5-2-4-23(29)27(22)24;1-5(2,3)4/h2,4-5,7-14,26,32H,3,6,15-17H2,1H3;(H2,1,2,3,4). The van der Waals surface area contributed by atoms with Crippen LogP contribution < -0.4 is 0 Å². The molecule has 0 aliphatic carbocycles.